The van der Waals surface area contributed by atoms with E-state index in [0.717, 1.165) is 42.1 Å². The molecule has 1 aliphatic carbocycles. The van der Waals surface area contributed by atoms with Crippen LogP contribution in [0, 0.1) is 0 Å². The number of pyridine rings is 1. The van der Waals surface area contributed by atoms with Gasteiger partial charge < -0.3 is 16.0 Å². The van der Waals surface area contributed by atoms with Gasteiger partial charge in [-0.1, -0.05) is 12.1 Å². The molecule has 0 saturated heterocycles. The molecule has 1 fully saturated rings. The molecule has 1 saturated carbocycles. The minimum atomic E-state index is -3.57. The normalized spacial score (nSPS) is 19.6. The van der Waals surface area contributed by atoms with Crippen molar-refractivity contribution in [2.45, 2.75) is 49.2 Å². The summed E-state index contributed by atoms with van der Waals surface area (Å²) < 4.78 is 28.0. The molecule has 158 valence electrons. The van der Waals surface area contributed by atoms with Crippen molar-refractivity contribution in [3.63, 3.8) is 0 Å². The molecule has 3 aromatic rings. The Hall–Kier alpha value is -2.75. The average Bonchev–Trinajstić information content (AvgIpc) is 3.18. The molecule has 9 heteroatoms. The van der Waals surface area contributed by atoms with Crippen molar-refractivity contribution in [3.05, 3.63) is 60.0 Å². The van der Waals surface area contributed by atoms with Crippen LogP contribution in [0.3, 0.4) is 0 Å². The fourth-order valence-electron chi connectivity index (χ4n) is 3.68. The van der Waals surface area contributed by atoms with Gasteiger partial charge in [0, 0.05) is 41.9 Å². The molecule has 0 radical (unpaired) electrons. The summed E-state index contributed by atoms with van der Waals surface area (Å²) in [7, 11) is -3.57. The highest BCUT2D eigenvalue weighted by Crippen LogP contribution is 2.20. The third-order valence-corrected chi connectivity index (χ3v) is 6.98. The second-order valence-corrected chi connectivity index (χ2v) is 9.42. The van der Waals surface area contributed by atoms with E-state index in [1.807, 2.05) is 0 Å². The Morgan fingerprint density at radius 3 is 2.57 bits per heavy atom. The highest BCUT2D eigenvalue weighted by molar-refractivity contribution is 7.89. The lowest BCUT2D eigenvalue weighted by molar-refractivity contribution is 0.0946. The predicted octanol–water partition coefficient (Wildman–Crippen LogP) is 2.04. The number of rotatable bonds is 6. The van der Waals surface area contributed by atoms with Crippen molar-refractivity contribution in [2.75, 3.05) is 0 Å². The minimum Gasteiger partial charge on any atom is -0.350 e. The van der Waals surface area contributed by atoms with E-state index in [1.54, 1.807) is 48.8 Å². The zero-order chi connectivity index (χ0) is 21.1. The van der Waals surface area contributed by atoms with Crippen LogP contribution in [0.25, 0.3) is 10.9 Å². The maximum atomic E-state index is 12.6. The zero-order valence-electron chi connectivity index (χ0n) is 16.5. The molecule has 2 aromatic heterocycles. The molecule has 1 aliphatic rings. The summed E-state index contributed by atoms with van der Waals surface area (Å²) in [5.41, 5.74) is 7.99. The van der Waals surface area contributed by atoms with Crippen LogP contribution in [0.2, 0.25) is 0 Å². The Morgan fingerprint density at radius 1 is 1.13 bits per heavy atom. The number of benzene rings is 1. The van der Waals surface area contributed by atoms with Gasteiger partial charge in [0.15, 0.2) is 0 Å². The summed E-state index contributed by atoms with van der Waals surface area (Å²) in [5.74, 6) is -0.236. The molecule has 1 amide bonds. The Labute approximate surface area is 175 Å². The molecule has 2 heterocycles. The predicted molar refractivity (Wildman–Crippen MR) is 114 cm³/mol. The van der Waals surface area contributed by atoms with Gasteiger partial charge in [-0.05, 0) is 55.5 Å². The van der Waals surface area contributed by atoms with Crippen LogP contribution in [0.1, 0.15) is 41.7 Å². The van der Waals surface area contributed by atoms with Gasteiger partial charge >= 0.3 is 0 Å². The number of nitrogens with two attached hydrogens (primary N) is 1. The first kappa shape index (κ1) is 20.5. The van der Waals surface area contributed by atoms with Crippen molar-refractivity contribution >= 4 is 26.8 Å². The van der Waals surface area contributed by atoms with E-state index in [0.29, 0.717) is 12.2 Å². The summed E-state index contributed by atoms with van der Waals surface area (Å²) in [6, 6.07) is 10.2. The molecule has 0 spiro atoms. The van der Waals surface area contributed by atoms with E-state index in [2.05, 4.69) is 20.0 Å². The van der Waals surface area contributed by atoms with Crippen LogP contribution in [-0.4, -0.2) is 36.4 Å². The van der Waals surface area contributed by atoms with Crippen LogP contribution in [-0.2, 0) is 16.6 Å². The number of carbonyl (C=O) groups excluding carboxylic acids is 1. The molecule has 1 aromatic carbocycles. The van der Waals surface area contributed by atoms with Crippen molar-refractivity contribution in [1.82, 2.24) is 20.0 Å². The van der Waals surface area contributed by atoms with Gasteiger partial charge in [0.1, 0.15) is 5.69 Å². The molecule has 0 bridgehead atoms. The second kappa shape index (κ2) is 8.55. The molecule has 0 atom stereocenters. The first-order valence-corrected chi connectivity index (χ1v) is 11.5. The Kier molecular flexibility index (Phi) is 5.85. The highest BCUT2D eigenvalue weighted by Gasteiger charge is 2.24. The zero-order valence-corrected chi connectivity index (χ0v) is 17.3. The van der Waals surface area contributed by atoms with Crippen LogP contribution in [0.4, 0.5) is 0 Å². The van der Waals surface area contributed by atoms with Crippen LogP contribution < -0.4 is 15.8 Å². The molecule has 0 aliphatic heterocycles. The number of hydrogen-bond donors (Lipinski definition) is 4. The number of hydrogen-bond acceptors (Lipinski definition) is 5. The summed E-state index contributed by atoms with van der Waals surface area (Å²) in [6.45, 7) is 0.292. The fourth-order valence-corrected chi connectivity index (χ4v) is 4.99. The Bertz CT molecular complexity index is 1100. The van der Waals surface area contributed by atoms with Gasteiger partial charge in [-0.3, -0.25) is 9.78 Å². The SMILES string of the molecule is NC1CCC(NS(=O)(=O)c2ccc(CNC(=O)c3cc4cnccc4[nH]3)cc2)CC1. The quantitative estimate of drug-likeness (QED) is 0.478. The van der Waals surface area contributed by atoms with E-state index < -0.39 is 10.0 Å². The number of nitrogens with zero attached hydrogens (tertiary/aromatic N) is 1. The van der Waals surface area contributed by atoms with E-state index in [1.165, 1.54) is 0 Å². The summed E-state index contributed by atoms with van der Waals surface area (Å²) >= 11 is 0. The average molecular weight is 428 g/mol. The number of carbonyl (C=O) groups is 1. The third kappa shape index (κ3) is 4.69. The summed E-state index contributed by atoms with van der Waals surface area (Å²) in [5, 5.41) is 3.70. The number of nitrogens with one attached hydrogen (secondary N) is 3. The summed E-state index contributed by atoms with van der Waals surface area (Å²) in [4.78, 5) is 19.7. The Balaban J connectivity index is 1.35. The largest absolute Gasteiger partial charge is 0.350 e. The lowest BCUT2D eigenvalue weighted by atomic mass is 9.93. The number of aromatic amines is 1. The van der Waals surface area contributed by atoms with Gasteiger partial charge in [0.25, 0.3) is 5.91 Å². The number of H-pyrrole nitrogens is 1. The number of fused-ring (bicyclic) bond motifs is 1. The molecule has 4 rings (SSSR count). The van der Waals surface area contributed by atoms with E-state index >= 15 is 0 Å². The van der Waals surface area contributed by atoms with Crippen LogP contribution in [0.15, 0.2) is 53.7 Å². The van der Waals surface area contributed by atoms with Crippen LogP contribution in [0.5, 0.6) is 0 Å². The van der Waals surface area contributed by atoms with Crippen LogP contribution >= 0.6 is 0 Å². The summed E-state index contributed by atoms with van der Waals surface area (Å²) in [6.07, 6.45) is 6.53. The van der Waals surface area contributed by atoms with Crippen molar-refractivity contribution < 1.29 is 13.2 Å². The van der Waals surface area contributed by atoms with Gasteiger partial charge in [-0.15, -0.1) is 0 Å². The molecule has 5 N–H and O–H groups in total. The first-order valence-electron chi connectivity index (χ1n) is 9.98. The third-order valence-electron chi connectivity index (χ3n) is 5.45. The monoisotopic (exact) mass is 427 g/mol. The molecule has 30 heavy (non-hydrogen) atoms. The minimum absolute atomic E-state index is 0.0692. The molecular weight excluding hydrogens is 402 g/mol. The molecular formula is C21H25N5O3S. The Morgan fingerprint density at radius 2 is 1.87 bits per heavy atom. The van der Waals surface area contributed by atoms with E-state index in [4.69, 9.17) is 5.73 Å². The fraction of sp³-hybridized carbons (Fsp3) is 0.333. The maximum Gasteiger partial charge on any atom is 0.267 e. The van der Waals surface area contributed by atoms with Gasteiger partial charge in [0.05, 0.1) is 4.90 Å². The molecule has 8 nitrogen and oxygen atoms in total. The van der Waals surface area contributed by atoms with Crippen molar-refractivity contribution in [2.24, 2.45) is 5.73 Å². The van der Waals surface area contributed by atoms with Crippen molar-refractivity contribution in [1.29, 1.82) is 0 Å². The maximum absolute atomic E-state index is 12.6. The lowest BCUT2D eigenvalue weighted by Crippen LogP contribution is -2.40. The highest BCUT2D eigenvalue weighted by atomic mass is 32.2. The smallest absolute Gasteiger partial charge is 0.267 e. The standard InChI is InChI=1S/C21H25N5O3S/c22-16-3-5-17(6-4-16)26-30(28,29)18-7-1-14(2-8-18)12-24-21(27)20-11-15-13-23-10-9-19(15)25-20/h1-2,7-11,13,16-17,25-26H,3-6,12,22H2,(H,24,27). The van der Waals surface area contributed by atoms with Gasteiger partial charge in [-0.2, -0.15) is 0 Å². The van der Waals surface area contributed by atoms with Gasteiger partial charge in [0.2, 0.25) is 10.0 Å². The molecule has 0 unspecified atom stereocenters. The topological polar surface area (TPSA) is 130 Å². The number of sulfonamides is 1. The first-order chi connectivity index (χ1) is 14.4. The lowest BCUT2D eigenvalue weighted by Gasteiger charge is -2.26. The van der Waals surface area contributed by atoms with E-state index in [-0.39, 0.29) is 22.9 Å². The number of aromatic nitrogens is 2. The van der Waals surface area contributed by atoms with Gasteiger partial charge in [-0.25, -0.2) is 13.1 Å². The van der Waals surface area contributed by atoms with Crippen molar-refractivity contribution in [3.8, 4) is 0 Å². The second-order valence-electron chi connectivity index (χ2n) is 7.71. The number of amides is 1. The van der Waals surface area contributed by atoms with E-state index in [9.17, 15) is 13.2 Å².